The number of hydrogen-bond donors (Lipinski definition) is 2. The smallest absolute Gasteiger partial charge is 0.410 e. The summed E-state index contributed by atoms with van der Waals surface area (Å²) in [6.45, 7) is 7.19. The molecule has 1 aromatic rings. The monoisotopic (exact) mass is 389 g/mol. The fraction of sp³-hybridized carbons (Fsp3) is 0.571. The number of nitrogens with two attached hydrogens (primary N) is 1. The number of amides is 3. The average molecular weight is 389 g/mol. The van der Waals surface area contributed by atoms with Gasteiger partial charge in [0.15, 0.2) is 0 Å². The first-order chi connectivity index (χ1) is 13.1. The number of benzene rings is 1. The standard InChI is InChI=1S/C16H24N2O2.C5H7NO2/c1-16(2,3)20-15(19)18-10-8-13(9-11-18)12-4-6-14(17)7-5-12;7-4-2-1-3-5(8)6-4/h4-7,13H,8-11,17H2,1-3H3;1-3H2,(H,6,7,8). The number of carbonyl (C=O) groups is 3. The average Bonchev–Trinajstić information content (AvgIpc) is 2.61. The van der Waals surface area contributed by atoms with E-state index in [2.05, 4.69) is 17.4 Å². The molecule has 3 rings (SSSR count). The van der Waals surface area contributed by atoms with Crippen LogP contribution in [0.4, 0.5) is 10.5 Å². The number of nitrogen functional groups attached to an aromatic ring is 1. The predicted octanol–water partition coefficient (Wildman–Crippen LogP) is 3.20. The molecule has 154 valence electrons. The number of piperidine rings is 2. The zero-order chi connectivity index (χ0) is 20.7. The van der Waals surface area contributed by atoms with Crippen LogP contribution in [0.2, 0.25) is 0 Å². The second kappa shape index (κ2) is 9.57. The number of nitrogens with zero attached hydrogens (tertiary/aromatic N) is 1. The van der Waals surface area contributed by atoms with Gasteiger partial charge in [0.2, 0.25) is 11.8 Å². The van der Waals surface area contributed by atoms with Gasteiger partial charge in [0, 0.05) is 31.6 Å². The van der Waals surface area contributed by atoms with E-state index in [1.54, 1.807) is 4.90 Å². The van der Waals surface area contributed by atoms with E-state index < -0.39 is 5.60 Å². The van der Waals surface area contributed by atoms with E-state index in [0.717, 1.165) is 31.6 Å². The molecular weight excluding hydrogens is 358 g/mol. The Balaban J connectivity index is 0.000000292. The van der Waals surface area contributed by atoms with Gasteiger partial charge in [-0.3, -0.25) is 14.9 Å². The maximum Gasteiger partial charge on any atom is 0.410 e. The molecule has 0 bridgehead atoms. The lowest BCUT2D eigenvalue weighted by atomic mass is 9.89. The Kier molecular flexibility index (Phi) is 7.43. The van der Waals surface area contributed by atoms with Gasteiger partial charge in [0.1, 0.15) is 5.60 Å². The Labute approximate surface area is 166 Å². The molecule has 0 aromatic heterocycles. The molecule has 0 atom stereocenters. The van der Waals surface area contributed by atoms with Crippen LogP contribution in [-0.2, 0) is 14.3 Å². The van der Waals surface area contributed by atoms with E-state index in [1.165, 1.54) is 5.56 Å². The molecule has 0 radical (unpaired) electrons. The van der Waals surface area contributed by atoms with Gasteiger partial charge in [-0.2, -0.15) is 0 Å². The van der Waals surface area contributed by atoms with Crippen molar-refractivity contribution in [2.75, 3.05) is 18.8 Å². The van der Waals surface area contributed by atoms with Gasteiger partial charge in [0.05, 0.1) is 0 Å². The van der Waals surface area contributed by atoms with Crippen LogP contribution < -0.4 is 11.1 Å². The van der Waals surface area contributed by atoms with Gasteiger partial charge < -0.3 is 15.4 Å². The Hall–Kier alpha value is -2.57. The summed E-state index contributed by atoms with van der Waals surface area (Å²) in [7, 11) is 0. The number of imide groups is 1. The maximum absolute atomic E-state index is 12.0. The van der Waals surface area contributed by atoms with Crippen molar-refractivity contribution in [1.29, 1.82) is 0 Å². The third kappa shape index (κ3) is 7.21. The molecule has 1 aromatic carbocycles. The summed E-state index contributed by atoms with van der Waals surface area (Å²) in [5, 5.41) is 2.20. The van der Waals surface area contributed by atoms with Gasteiger partial charge >= 0.3 is 6.09 Å². The Morgan fingerprint density at radius 1 is 1.07 bits per heavy atom. The SMILES string of the molecule is CC(C)(C)OC(=O)N1CCC(c2ccc(N)cc2)CC1.O=C1CCCC(=O)N1. The molecule has 0 spiro atoms. The van der Waals surface area contributed by atoms with Crippen LogP contribution in [0.5, 0.6) is 0 Å². The quantitative estimate of drug-likeness (QED) is 0.567. The van der Waals surface area contributed by atoms with E-state index in [0.29, 0.717) is 25.2 Å². The highest BCUT2D eigenvalue weighted by molar-refractivity contribution is 5.97. The van der Waals surface area contributed by atoms with Gasteiger partial charge in [-0.05, 0) is 63.6 Å². The lowest BCUT2D eigenvalue weighted by Gasteiger charge is -2.33. The summed E-state index contributed by atoms with van der Waals surface area (Å²) in [5.74, 6) is 0.233. The predicted molar refractivity (Wildman–Crippen MR) is 108 cm³/mol. The summed E-state index contributed by atoms with van der Waals surface area (Å²) in [6.07, 6.45) is 3.47. The van der Waals surface area contributed by atoms with Crippen LogP contribution in [0, 0.1) is 0 Å². The third-order valence-electron chi connectivity index (χ3n) is 4.64. The molecule has 7 heteroatoms. The van der Waals surface area contributed by atoms with E-state index in [9.17, 15) is 14.4 Å². The summed E-state index contributed by atoms with van der Waals surface area (Å²) in [5.41, 5.74) is 7.38. The number of hydrogen-bond acceptors (Lipinski definition) is 5. The molecule has 3 amide bonds. The summed E-state index contributed by atoms with van der Waals surface area (Å²) in [6, 6.07) is 8.05. The third-order valence-corrected chi connectivity index (χ3v) is 4.64. The molecule has 0 aliphatic carbocycles. The zero-order valence-corrected chi connectivity index (χ0v) is 17.0. The van der Waals surface area contributed by atoms with Crippen molar-refractivity contribution in [3.63, 3.8) is 0 Å². The molecule has 2 fully saturated rings. The zero-order valence-electron chi connectivity index (χ0n) is 17.0. The Bertz CT molecular complexity index is 673. The van der Waals surface area contributed by atoms with Gasteiger partial charge in [-0.25, -0.2) is 4.79 Å². The number of ether oxygens (including phenoxy) is 1. The van der Waals surface area contributed by atoms with Gasteiger partial charge in [-0.1, -0.05) is 12.1 Å². The molecule has 2 aliphatic heterocycles. The van der Waals surface area contributed by atoms with Crippen molar-refractivity contribution in [2.45, 2.75) is 64.4 Å². The number of likely N-dealkylation sites (tertiary alicyclic amines) is 1. The fourth-order valence-electron chi connectivity index (χ4n) is 3.18. The van der Waals surface area contributed by atoms with E-state index in [-0.39, 0.29) is 17.9 Å². The van der Waals surface area contributed by atoms with Crippen molar-refractivity contribution in [3.05, 3.63) is 29.8 Å². The molecular formula is C21H31N3O4. The maximum atomic E-state index is 12.0. The van der Waals surface area contributed by atoms with E-state index in [1.807, 2.05) is 32.9 Å². The van der Waals surface area contributed by atoms with Crippen LogP contribution in [0.25, 0.3) is 0 Å². The largest absolute Gasteiger partial charge is 0.444 e. The van der Waals surface area contributed by atoms with Crippen LogP contribution >= 0.6 is 0 Å². The summed E-state index contributed by atoms with van der Waals surface area (Å²) < 4.78 is 5.40. The minimum absolute atomic E-state index is 0.138. The minimum Gasteiger partial charge on any atom is -0.444 e. The number of carbonyl (C=O) groups excluding carboxylic acids is 3. The second-order valence-electron chi connectivity index (χ2n) is 8.23. The number of anilines is 1. The topological polar surface area (TPSA) is 102 Å². The molecule has 7 nitrogen and oxygen atoms in total. The lowest BCUT2D eigenvalue weighted by molar-refractivity contribution is -0.132. The van der Waals surface area contributed by atoms with E-state index in [4.69, 9.17) is 10.5 Å². The highest BCUT2D eigenvalue weighted by Gasteiger charge is 2.27. The van der Waals surface area contributed by atoms with Crippen molar-refractivity contribution >= 4 is 23.6 Å². The van der Waals surface area contributed by atoms with Gasteiger partial charge in [0.25, 0.3) is 0 Å². The highest BCUT2D eigenvalue weighted by atomic mass is 16.6. The molecule has 2 heterocycles. The summed E-state index contributed by atoms with van der Waals surface area (Å²) >= 11 is 0. The first-order valence-electron chi connectivity index (χ1n) is 9.80. The number of rotatable bonds is 1. The Morgan fingerprint density at radius 2 is 1.61 bits per heavy atom. The fourth-order valence-corrected chi connectivity index (χ4v) is 3.18. The minimum atomic E-state index is -0.426. The molecule has 2 aliphatic rings. The van der Waals surface area contributed by atoms with E-state index >= 15 is 0 Å². The van der Waals surface area contributed by atoms with Gasteiger partial charge in [-0.15, -0.1) is 0 Å². The van der Waals surface area contributed by atoms with Crippen LogP contribution in [0.3, 0.4) is 0 Å². The molecule has 0 saturated carbocycles. The first kappa shape index (κ1) is 21.7. The van der Waals surface area contributed by atoms with Crippen molar-refractivity contribution in [3.8, 4) is 0 Å². The Morgan fingerprint density at radius 3 is 2.04 bits per heavy atom. The first-order valence-corrected chi connectivity index (χ1v) is 9.80. The number of nitrogens with one attached hydrogen (secondary N) is 1. The molecule has 3 N–H and O–H groups in total. The van der Waals surface area contributed by atoms with Crippen LogP contribution in [-0.4, -0.2) is 41.5 Å². The second-order valence-corrected chi connectivity index (χ2v) is 8.23. The van der Waals surface area contributed by atoms with Crippen LogP contribution in [0.1, 0.15) is 64.4 Å². The van der Waals surface area contributed by atoms with Crippen molar-refractivity contribution in [2.24, 2.45) is 0 Å². The summed E-state index contributed by atoms with van der Waals surface area (Å²) in [4.78, 5) is 34.5. The normalized spacial score (nSPS) is 18.0. The van der Waals surface area contributed by atoms with Crippen molar-refractivity contribution < 1.29 is 19.1 Å². The molecule has 28 heavy (non-hydrogen) atoms. The van der Waals surface area contributed by atoms with Crippen molar-refractivity contribution in [1.82, 2.24) is 10.2 Å². The van der Waals surface area contributed by atoms with Crippen LogP contribution in [0.15, 0.2) is 24.3 Å². The molecule has 0 unspecified atom stereocenters. The highest BCUT2D eigenvalue weighted by Crippen LogP contribution is 2.29. The lowest BCUT2D eigenvalue weighted by Crippen LogP contribution is -2.41. The molecule has 2 saturated heterocycles.